The van der Waals surface area contributed by atoms with Gasteiger partial charge in [0.1, 0.15) is 0 Å². The highest BCUT2D eigenvalue weighted by Crippen LogP contribution is 2.45. The van der Waals surface area contributed by atoms with Crippen LogP contribution in [0.25, 0.3) is 0 Å². The Kier molecular flexibility index (Phi) is 3.48. The first-order chi connectivity index (χ1) is 8.69. The molecule has 1 saturated carbocycles. The molecule has 1 aromatic rings. The van der Waals surface area contributed by atoms with Crippen LogP contribution in [0.2, 0.25) is 0 Å². The Morgan fingerprint density at radius 2 is 1.94 bits per heavy atom. The molecule has 1 aromatic carbocycles. The van der Waals surface area contributed by atoms with E-state index in [0.29, 0.717) is 12.0 Å². The molecule has 3 rings (SSSR count). The molecule has 3 heteroatoms. The van der Waals surface area contributed by atoms with Gasteiger partial charge in [-0.05, 0) is 43.5 Å². The molecule has 0 bridgehead atoms. The summed E-state index contributed by atoms with van der Waals surface area (Å²) in [4.78, 5) is 0. The van der Waals surface area contributed by atoms with Crippen molar-refractivity contribution in [3.8, 4) is 0 Å². The van der Waals surface area contributed by atoms with Crippen molar-refractivity contribution in [2.75, 3.05) is 6.54 Å². The van der Waals surface area contributed by atoms with E-state index in [2.05, 4.69) is 45.5 Å². The summed E-state index contributed by atoms with van der Waals surface area (Å²) in [6, 6.07) is 8.84. The van der Waals surface area contributed by atoms with Gasteiger partial charge in [0, 0.05) is 16.4 Å². The van der Waals surface area contributed by atoms with E-state index in [4.69, 9.17) is 0 Å². The van der Waals surface area contributed by atoms with Gasteiger partial charge in [-0.25, -0.2) is 0 Å². The Labute approximate surface area is 117 Å². The lowest BCUT2D eigenvalue weighted by Gasteiger charge is -2.48. The summed E-state index contributed by atoms with van der Waals surface area (Å²) < 4.78 is 1.11. The molecule has 0 unspecified atom stereocenters. The monoisotopic (exact) mass is 309 g/mol. The van der Waals surface area contributed by atoms with Gasteiger partial charge in [-0.2, -0.15) is 0 Å². The molecule has 1 aliphatic carbocycles. The molecular weight excluding hydrogens is 290 g/mol. The highest BCUT2D eigenvalue weighted by atomic mass is 79.9. The van der Waals surface area contributed by atoms with Crippen LogP contribution in [-0.2, 0) is 0 Å². The molecule has 1 saturated heterocycles. The van der Waals surface area contributed by atoms with Crippen molar-refractivity contribution >= 4 is 15.9 Å². The third-order valence-electron chi connectivity index (χ3n) is 4.62. The Morgan fingerprint density at radius 1 is 1.17 bits per heavy atom. The lowest BCUT2D eigenvalue weighted by Crippen LogP contribution is -2.53. The number of aliphatic hydroxyl groups is 1. The van der Waals surface area contributed by atoms with Gasteiger partial charge in [0.05, 0.1) is 5.60 Å². The van der Waals surface area contributed by atoms with Crippen LogP contribution >= 0.6 is 15.9 Å². The van der Waals surface area contributed by atoms with E-state index in [0.717, 1.165) is 30.3 Å². The lowest BCUT2D eigenvalue weighted by molar-refractivity contribution is -0.0861. The first kappa shape index (κ1) is 12.6. The standard InChI is InChI=1S/C15H20BrNO/c16-12-6-4-11(5-7-12)14-13-3-1-2-8-15(13,18)9-10-17-14/h4-7,13-14,17-18H,1-3,8-10H2/t13-,14+,15+/m0/s1. The van der Waals surface area contributed by atoms with E-state index in [1.165, 1.54) is 18.4 Å². The smallest absolute Gasteiger partial charge is 0.0706 e. The molecule has 2 nitrogen and oxygen atoms in total. The number of benzene rings is 1. The zero-order chi connectivity index (χ0) is 12.6. The molecule has 0 amide bonds. The van der Waals surface area contributed by atoms with Crippen LogP contribution in [0, 0.1) is 5.92 Å². The van der Waals surface area contributed by atoms with E-state index in [1.807, 2.05) is 0 Å². The van der Waals surface area contributed by atoms with Crippen molar-refractivity contribution in [2.24, 2.45) is 5.92 Å². The fraction of sp³-hybridized carbons (Fsp3) is 0.600. The predicted octanol–water partition coefficient (Wildman–Crippen LogP) is 3.40. The van der Waals surface area contributed by atoms with E-state index >= 15 is 0 Å². The van der Waals surface area contributed by atoms with Gasteiger partial charge >= 0.3 is 0 Å². The number of piperidine rings is 1. The third kappa shape index (κ3) is 2.24. The molecule has 2 N–H and O–H groups in total. The summed E-state index contributed by atoms with van der Waals surface area (Å²) in [5.41, 5.74) is 0.879. The summed E-state index contributed by atoms with van der Waals surface area (Å²) in [6.07, 6.45) is 5.46. The maximum Gasteiger partial charge on any atom is 0.0706 e. The van der Waals surface area contributed by atoms with Crippen LogP contribution in [0.15, 0.2) is 28.7 Å². The molecule has 3 atom stereocenters. The van der Waals surface area contributed by atoms with Gasteiger partial charge in [-0.1, -0.05) is 40.9 Å². The maximum absolute atomic E-state index is 10.8. The van der Waals surface area contributed by atoms with Crippen molar-refractivity contribution in [3.05, 3.63) is 34.3 Å². The Balaban J connectivity index is 1.88. The highest BCUT2D eigenvalue weighted by molar-refractivity contribution is 9.10. The average molecular weight is 310 g/mol. The van der Waals surface area contributed by atoms with Gasteiger partial charge in [0.15, 0.2) is 0 Å². The Bertz CT molecular complexity index is 415. The van der Waals surface area contributed by atoms with Gasteiger partial charge in [0.2, 0.25) is 0 Å². The summed E-state index contributed by atoms with van der Waals surface area (Å²) >= 11 is 3.48. The number of halogens is 1. The zero-order valence-corrected chi connectivity index (χ0v) is 12.1. The number of nitrogens with one attached hydrogen (secondary N) is 1. The zero-order valence-electron chi connectivity index (χ0n) is 10.5. The summed E-state index contributed by atoms with van der Waals surface area (Å²) in [7, 11) is 0. The van der Waals surface area contributed by atoms with Crippen LogP contribution < -0.4 is 5.32 Å². The second kappa shape index (κ2) is 4.95. The fourth-order valence-electron chi connectivity index (χ4n) is 3.64. The normalized spacial score (nSPS) is 36.1. The summed E-state index contributed by atoms with van der Waals surface area (Å²) in [5, 5.41) is 14.4. The fourth-order valence-corrected chi connectivity index (χ4v) is 3.91. The second-order valence-electron chi connectivity index (χ2n) is 5.69. The molecule has 0 spiro atoms. The molecule has 0 radical (unpaired) electrons. The Hall–Kier alpha value is -0.380. The van der Waals surface area contributed by atoms with Crippen molar-refractivity contribution < 1.29 is 5.11 Å². The van der Waals surface area contributed by atoms with E-state index in [9.17, 15) is 5.11 Å². The van der Waals surface area contributed by atoms with Crippen LogP contribution in [0.3, 0.4) is 0 Å². The van der Waals surface area contributed by atoms with Crippen molar-refractivity contribution in [2.45, 2.75) is 43.7 Å². The number of hydrogen-bond donors (Lipinski definition) is 2. The molecule has 18 heavy (non-hydrogen) atoms. The topological polar surface area (TPSA) is 32.3 Å². The van der Waals surface area contributed by atoms with Gasteiger partial charge < -0.3 is 10.4 Å². The molecule has 0 aromatic heterocycles. The molecule has 1 aliphatic heterocycles. The SMILES string of the molecule is O[C@@]12CCCC[C@H]1[C@@H](c1ccc(Br)cc1)NCC2. The maximum atomic E-state index is 10.8. The first-order valence-electron chi connectivity index (χ1n) is 6.90. The largest absolute Gasteiger partial charge is 0.389 e. The lowest BCUT2D eigenvalue weighted by atomic mass is 9.67. The quantitative estimate of drug-likeness (QED) is 0.833. The number of rotatable bonds is 1. The van der Waals surface area contributed by atoms with Crippen LogP contribution in [-0.4, -0.2) is 17.3 Å². The molecule has 1 heterocycles. The number of hydrogen-bond acceptors (Lipinski definition) is 2. The highest BCUT2D eigenvalue weighted by Gasteiger charge is 2.45. The predicted molar refractivity (Wildman–Crippen MR) is 76.4 cm³/mol. The molecular formula is C15H20BrNO. The second-order valence-corrected chi connectivity index (χ2v) is 6.60. The van der Waals surface area contributed by atoms with Crippen molar-refractivity contribution in [3.63, 3.8) is 0 Å². The molecule has 98 valence electrons. The van der Waals surface area contributed by atoms with Crippen molar-refractivity contribution in [1.29, 1.82) is 0 Å². The molecule has 2 aliphatic rings. The first-order valence-corrected chi connectivity index (χ1v) is 7.70. The third-order valence-corrected chi connectivity index (χ3v) is 5.15. The van der Waals surface area contributed by atoms with E-state index in [-0.39, 0.29) is 0 Å². The van der Waals surface area contributed by atoms with Gasteiger partial charge in [-0.3, -0.25) is 0 Å². The minimum atomic E-state index is -0.429. The van der Waals surface area contributed by atoms with Crippen molar-refractivity contribution in [1.82, 2.24) is 5.32 Å². The average Bonchev–Trinajstić information content (AvgIpc) is 2.38. The Morgan fingerprint density at radius 3 is 2.72 bits per heavy atom. The van der Waals surface area contributed by atoms with Gasteiger partial charge in [-0.15, -0.1) is 0 Å². The van der Waals surface area contributed by atoms with Crippen LogP contribution in [0.1, 0.15) is 43.7 Å². The van der Waals surface area contributed by atoms with Crippen LogP contribution in [0.4, 0.5) is 0 Å². The molecule has 2 fully saturated rings. The van der Waals surface area contributed by atoms with Gasteiger partial charge in [0.25, 0.3) is 0 Å². The van der Waals surface area contributed by atoms with Crippen LogP contribution in [0.5, 0.6) is 0 Å². The van der Waals surface area contributed by atoms with E-state index < -0.39 is 5.60 Å². The summed E-state index contributed by atoms with van der Waals surface area (Å²) in [5.74, 6) is 0.376. The minimum Gasteiger partial charge on any atom is -0.389 e. The minimum absolute atomic E-state index is 0.317. The summed E-state index contributed by atoms with van der Waals surface area (Å²) in [6.45, 7) is 0.924. The number of fused-ring (bicyclic) bond motifs is 1. The van der Waals surface area contributed by atoms with E-state index in [1.54, 1.807) is 0 Å².